The van der Waals surface area contributed by atoms with Crippen LogP contribution in [0.25, 0.3) is 0 Å². The second kappa shape index (κ2) is 10.7. The van der Waals surface area contributed by atoms with Gasteiger partial charge < -0.3 is 9.88 Å². The molecule has 0 atom stereocenters. The van der Waals surface area contributed by atoms with Gasteiger partial charge in [-0.25, -0.2) is 0 Å². The van der Waals surface area contributed by atoms with Crippen molar-refractivity contribution in [3.8, 4) is 0 Å². The summed E-state index contributed by atoms with van der Waals surface area (Å²) < 4.78 is 2.00. The quantitative estimate of drug-likeness (QED) is 0.478. The Kier molecular flexibility index (Phi) is 8.58. The minimum atomic E-state index is -0.0294. The first-order valence-electron chi connectivity index (χ1n) is 8.31. The number of carbonyl (C=O) groups excluding carboxylic acids is 1. The maximum absolute atomic E-state index is 12.0. The lowest BCUT2D eigenvalue weighted by Gasteiger charge is -2.08. The number of rotatable bonds is 10. The molecule has 8 heteroatoms. The van der Waals surface area contributed by atoms with E-state index in [-0.39, 0.29) is 5.91 Å². The van der Waals surface area contributed by atoms with Crippen molar-refractivity contribution in [1.82, 2.24) is 20.1 Å². The zero-order chi connectivity index (χ0) is 18.1. The highest BCUT2D eigenvalue weighted by Gasteiger charge is 2.09. The molecule has 0 saturated carbocycles. The van der Waals surface area contributed by atoms with Crippen molar-refractivity contribution >= 4 is 40.9 Å². The molecule has 136 valence electrons. The van der Waals surface area contributed by atoms with Crippen LogP contribution in [0.15, 0.2) is 29.7 Å². The van der Waals surface area contributed by atoms with Gasteiger partial charge in [-0.3, -0.25) is 4.79 Å². The van der Waals surface area contributed by atoms with Crippen molar-refractivity contribution in [2.24, 2.45) is 0 Å². The molecule has 2 aromatic rings. The van der Waals surface area contributed by atoms with E-state index in [1.54, 1.807) is 18.5 Å². The summed E-state index contributed by atoms with van der Waals surface area (Å²) in [6.45, 7) is 3.59. The van der Waals surface area contributed by atoms with Crippen molar-refractivity contribution in [2.75, 3.05) is 12.3 Å². The number of hydrogen-bond donors (Lipinski definition) is 1. The summed E-state index contributed by atoms with van der Waals surface area (Å²) in [5.41, 5.74) is 0.967. The SMILES string of the molecule is CCCCCn1cnnc1SCC(=O)NCCc1ccc(Cl)cc1Cl. The summed E-state index contributed by atoms with van der Waals surface area (Å²) in [7, 11) is 0. The van der Waals surface area contributed by atoms with Crippen molar-refractivity contribution in [3.05, 3.63) is 40.1 Å². The third kappa shape index (κ3) is 6.88. The topological polar surface area (TPSA) is 59.8 Å². The van der Waals surface area contributed by atoms with Gasteiger partial charge in [0.25, 0.3) is 0 Å². The Labute approximate surface area is 162 Å². The molecule has 0 aliphatic heterocycles. The maximum Gasteiger partial charge on any atom is 0.230 e. The molecule has 0 aliphatic carbocycles. The molecule has 1 amide bonds. The van der Waals surface area contributed by atoms with Crippen LogP contribution in [0.3, 0.4) is 0 Å². The van der Waals surface area contributed by atoms with E-state index in [0.29, 0.717) is 28.8 Å². The summed E-state index contributed by atoms with van der Waals surface area (Å²) >= 11 is 13.4. The lowest BCUT2D eigenvalue weighted by Crippen LogP contribution is -2.27. The summed E-state index contributed by atoms with van der Waals surface area (Å²) in [5.74, 6) is 0.291. The molecule has 0 spiro atoms. The monoisotopic (exact) mass is 400 g/mol. The molecule has 0 fully saturated rings. The van der Waals surface area contributed by atoms with Crippen molar-refractivity contribution in [2.45, 2.75) is 44.3 Å². The zero-order valence-corrected chi connectivity index (χ0v) is 16.5. The molecule has 25 heavy (non-hydrogen) atoms. The van der Waals surface area contributed by atoms with E-state index in [1.807, 2.05) is 10.6 Å². The number of halogens is 2. The fourth-order valence-electron chi connectivity index (χ4n) is 2.28. The fraction of sp³-hybridized carbons (Fsp3) is 0.471. The standard InChI is InChI=1S/C17H22Cl2N4OS/c1-2-3-4-9-23-12-21-22-17(23)25-11-16(24)20-8-7-13-5-6-14(18)10-15(13)19/h5-6,10,12H,2-4,7-9,11H2,1H3,(H,20,24). The van der Waals surface area contributed by atoms with Crippen LogP contribution in [0.5, 0.6) is 0 Å². The molecule has 1 aromatic heterocycles. The number of carbonyl (C=O) groups is 1. The Morgan fingerprint density at radius 2 is 2.16 bits per heavy atom. The van der Waals surface area contributed by atoms with Crippen LogP contribution in [0, 0.1) is 0 Å². The van der Waals surface area contributed by atoms with Crippen molar-refractivity contribution < 1.29 is 4.79 Å². The number of nitrogens with one attached hydrogen (secondary N) is 1. The van der Waals surface area contributed by atoms with Crippen LogP contribution in [-0.4, -0.2) is 33.0 Å². The number of hydrogen-bond acceptors (Lipinski definition) is 4. The number of amides is 1. The van der Waals surface area contributed by atoms with E-state index >= 15 is 0 Å². The Balaban J connectivity index is 1.71. The third-order valence-electron chi connectivity index (χ3n) is 3.65. The van der Waals surface area contributed by atoms with Gasteiger partial charge in [0.05, 0.1) is 5.75 Å². The summed E-state index contributed by atoms with van der Waals surface area (Å²) in [6, 6.07) is 5.39. The Morgan fingerprint density at radius 1 is 1.32 bits per heavy atom. The molecule has 0 bridgehead atoms. The molecule has 0 radical (unpaired) electrons. The van der Waals surface area contributed by atoms with Crippen LogP contribution in [-0.2, 0) is 17.8 Å². The van der Waals surface area contributed by atoms with Gasteiger partial charge in [-0.1, -0.05) is 60.8 Å². The Hall–Kier alpha value is -1.24. The first-order chi connectivity index (χ1) is 12.1. The van der Waals surface area contributed by atoms with Gasteiger partial charge in [0, 0.05) is 23.1 Å². The van der Waals surface area contributed by atoms with Crippen LogP contribution in [0.1, 0.15) is 31.7 Å². The minimum absolute atomic E-state index is 0.0294. The highest BCUT2D eigenvalue weighted by Crippen LogP contribution is 2.21. The summed E-state index contributed by atoms with van der Waals surface area (Å²) in [4.78, 5) is 12.0. The largest absolute Gasteiger partial charge is 0.355 e. The second-order valence-corrected chi connectivity index (χ2v) is 7.42. The predicted octanol–water partition coefficient (Wildman–Crippen LogP) is 4.23. The Morgan fingerprint density at radius 3 is 2.92 bits per heavy atom. The second-order valence-electron chi connectivity index (χ2n) is 5.64. The maximum atomic E-state index is 12.0. The smallest absolute Gasteiger partial charge is 0.230 e. The molecule has 1 heterocycles. The number of benzene rings is 1. The third-order valence-corrected chi connectivity index (χ3v) is 5.21. The lowest BCUT2D eigenvalue weighted by molar-refractivity contribution is -0.118. The van der Waals surface area contributed by atoms with Gasteiger partial charge in [0.15, 0.2) is 5.16 Å². The van der Waals surface area contributed by atoms with Gasteiger partial charge in [-0.15, -0.1) is 10.2 Å². The van der Waals surface area contributed by atoms with Crippen LogP contribution >= 0.6 is 35.0 Å². The van der Waals surface area contributed by atoms with E-state index in [2.05, 4.69) is 22.4 Å². The van der Waals surface area contributed by atoms with Gasteiger partial charge in [-0.2, -0.15) is 0 Å². The molecular weight excluding hydrogens is 379 g/mol. The number of aromatic nitrogens is 3. The molecular formula is C17H22Cl2N4OS. The van der Waals surface area contributed by atoms with Gasteiger partial charge in [0.1, 0.15) is 6.33 Å². The number of nitrogens with zero attached hydrogens (tertiary/aromatic N) is 3. The molecule has 5 nitrogen and oxygen atoms in total. The first kappa shape index (κ1) is 20.1. The molecule has 2 rings (SSSR count). The number of thioether (sulfide) groups is 1. The summed E-state index contributed by atoms with van der Waals surface area (Å²) in [6.07, 6.45) is 5.83. The van der Waals surface area contributed by atoms with Crippen LogP contribution in [0.2, 0.25) is 10.0 Å². The minimum Gasteiger partial charge on any atom is -0.355 e. The molecule has 0 aliphatic rings. The van der Waals surface area contributed by atoms with E-state index in [4.69, 9.17) is 23.2 Å². The predicted molar refractivity (Wildman–Crippen MR) is 103 cm³/mol. The van der Waals surface area contributed by atoms with Gasteiger partial charge in [-0.05, 0) is 30.5 Å². The number of unbranched alkanes of at least 4 members (excludes halogenated alkanes) is 2. The first-order valence-corrected chi connectivity index (χ1v) is 10.1. The molecule has 0 unspecified atom stereocenters. The zero-order valence-electron chi connectivity index (χ0n) is 14.2. The van der Waals surface area contributed by atoms with Gasteiger partial charge in [0.2, 0.25) is 5.91 Å². The highest BCUT2D eigenvalue weighted by molar-refractivity contribution is 7.99. The average molecular weight is 401 g/mol. The van der Waals surface area contributed by atoms with Gasteiger partial charge >= 0.3 is 0 Å². The van der Waals surface area contributed by atoms with Crippen LogP contribution in [0.4, 0.5) is 0 Å². The van der Waals surface area contributed by atoms with E-state index < -0.39 is 0 Å². The average Bonchev–Trinajstić information content (AvgIpc) is 3.03. The summed E-state index contributed by atoms with van der Waals surface area (Å²) in [5, 5.41) is 12.9. The fourth-order valence-corrected chi connectivity index (χ4v) is 3.56. The normalized spacial score (nSPS) is 10.8. The highest BCUT2D eigenvalue weighted by atomic mass is 35.5. The Bertz CT molecular complexity index is 693. The van der Waals surface area contributed by atoms with Crippen molar-refractivity contribution in [1.29, 1.82) is 0 Å². The lowest BCUT2D eigenvalue weighted by atomic mass is 10.1. The molecule has 0 saturated heterocycles. The molecule has 1 aromatic carbocycles. The number of aryl methyl sites for hydroxylation is 1. The van der Waals surface area contributed by atoms with Crippen LogP contribution < -0.4 is 5.32 Å². The molecule has 1 N–H and O–H groups in total. The van der Waals surface area contributed by atoms with E-state index in [0.717, 1.165) is 23.7 Å². The van der Waals surface area contributed by atoms with E-state index in [1.165, 1.54) is 24.6 Å². The van der Waals surface area contributed by atoms with Crippen molar-refractivity contribution in [3.63, 3.8) is 0 Å². The van der Waals surface area contributed by atoms with E-state index in [9.17, 15) is 4.79 Å².